The fraction of sp³-hybridized carbons (Fsp3) is 0.743. The number of aliphatic hydroxyl groups is 1. The molecule has 3 fully saturated rings. The molecule has 9 unspecified atom stereocenters. The van der Waals surface area contributed by atoms with E-state index in [1.807, 2.05) is 33.8 Å². The molecule has 4 rings (SSSR count). The van der Waals surface area contributed by atoms with Gasteiger partial charge in [0.15, 0.2) is 18.0 Å². The van der Waals surface area contributed by atoms with Gasteiger partial charge >= 0.3 is 17.9 Å². The monoisotopic (exact) mass is 629 g/mol. The van der Waals surface area contributed by atoms with E-state index in [2.05, 4.69) is 6.92 Å². The highest BCUT2D eigenvalue weighted by Gasteiger charge is 2.70. The van der Waals surface area contributed by atoms with Gasteiger partial charge in [0, 0.05) is 23.2 Å². The smallest absolute Gasteiger partial charge is 0.323 e. The minimum absolute atomic E-state index is 0.0322. The molecule has 0 aromatic rings. The van der Waals surface area contributed by atoms with E-state index in [1.165, 1.54) is 0 Å². The molecule has 0 spiro atoms. The maximum absolute atomic E-state index is 14.1. The van der Waals surface area contributed by atoms with Gasteiger partial charge in [0.05, 0.1) is 19.1 Å². The SMILES string of the molecule is CCCCC(=O)OC1(C(=O)COC(=O)CC(N)C(=O)OCC(C)CC)CCC2C3CCC4=CC(=O)C=CC4(C)C3C(O)CC21C. The first-order valence-corrected chi connectivity index (χ1v) is 16.7. The van der Waals surface area contributed by atoms with Crippen LogP contribution in [0.5, 0.6) is 0 Å². The van der Waals surface area contributed by atoms with Gasteiger partial charge in [-0.1, -0.05) is 59.1 Å². The molecule has 45 heavy (non-hydrogen) atoms. The Morgan fingerprint density at radius 1 is 1.11 bits per heavy atom. The number of allylic oxidation sites excluding steroid dienone is 4. The number of Topliss-reactive ketones (excluding diaryl/α,β-unsaturated/α-hetero) is 1. The number of hydrogen-bond acceptors (Lipinski definition) is 10. The molecule has 0 amide bonds. The molecule has 10 heteroatoms. The number of ether oxygens (including phenoxy) is 3. The van der Waals surface area contributed by atoms with Crippen molar-refractivity contribution in [3.05, 3.63) is 23.8 Å². The number of carbonyl (C=O) groups excluding carboxylic acids is 5. The molecule has 9 atom stereocenters. The van der Waals surface area contributed by atoms with Gasteiger partial charge in [0.1, 0.15) is 6.04 Å². The van der Waals surface area contributed by atoms with E-state index >= 15 is 0 Å². The number of unbranched alkanes of at least 4 members (excludes halogenated alkanes) is 1. The summed E-state index contributed by atoms with van der Waals surface area (Å²) in [5, 5.41) is 11.8. The molecule has 0 saturated heterocycles. The van der Waals surface area contributed by atoms with Crippen molar-refractivity contribution in [3.63, 3.8) is 0 Å². The summed E-state index contributed by atoms with van der Waals surface area (Å²) in [6.07, 6.45) is 8.83. The zero-order chi connectivity index (χ0) is 33.2. The second kappa shape index (κ2) is 13.9. The topological polar surface area (TPSA) is 159 Å². The standard InChI is InChI=1S/C35H51NO9/c1-6-8-9-29(40)45-35(28(39)20-43-30(41)17-26(36)32(42)44-19-21(3)7-2)15-13-25-24-11-10-22-16-23(37)12-14-33(22,4)31(24)27(38)18-34(25,35)5/h12,14,16,21,24-27,31,38H,6-11,13,15,17-20,36H2,1-5H3. The zero-order valence-corrected chi connectivity index (χ0v) is 27.5. The average molecular weight is 630 g/mol. The van der Waals surface area contributed by atoms with E-state index in [1.54, 1.807) is 12.2 Å². The molecule has 3 saturated carbocycles. The van der Waals surface area contributed by atoms with Gasteiger partial charge in [0.2, 0.25) is 5.78 Å². The maximum Gasteiger partial charge on any atom is 0.323 e. The quantitative estimate of drug-likeness (QED) is 0.224. The molecule has 0 aliphatic heterocycles. The van der Waals surface area contributed by atoms with Crippen LogP contribution in [-0.2, 0) is 38.2 Å². The number of esters is 3. The van der Waals surface area contributed by atoms with Gasteiger partial charge in [-0.25, -0.2) is 0 Å². The molecule has 0 aromatic heterocycles. The molecule has 4 aliphatic rings. The predicted octanol–water partition coefficient (Wildman–Crippen LogP) is 4.16. The number of aliphatic hydroxyl groups excluding tert-OH is 1. The van der Waals surface area contributed by atoms with Crippen molar-refractivity contribution < 1.29 is 43.3 Å². The Morgan fingerprint density at radius 2 is 1.84 bits per heavy atom. The van der Waals surface area contributed by atoms with Gasteiger partial charge in [0.25, 0.3) is 0 Å². The van der Waals surface area contributed by atoms with Crippen molar-refractivity contribution >= 4 is 29.5 Å². The van der Waals surface area contributed by atoms with Gasteiger partial charge < -0.3 is 25.1 Å². The van der Waals surface area contributed by atoms with E-state index in [-0.39, 0.29) is 55.3 Å². The van der Waals surface area contributed by atoms with Crippen LogP contribution in [0.2, 0.25) is 0 Å². The fourth-order valence-corrected chi connectivity index (χ4v) is 8.60. The number of carbonyl (C=O) groups is 5. The highest BCUT2D eigenvalue weighted by molar-refractivity contribution is 6.01. The third-order valence-electron chi connectivity index (χ3n) is 11.3. The van der Waals surface area contributed by atoms with Crippen molar-refractivity contribution in [1.29, 1.82) is 0 Å². The normalized spacial score (nSPS) is 34.8. The average Bonchev–Trinajstić information content (AvgIpc) is 3.29. The summed E-state index contributed by atoms with van der Waals surface area (Å²) in [5.41, 5.74) is 3.94. The van der Waals surface area contributed by atoms with Gasteiger partial charge in [-0.3, -0.25) is 24.0 Å². The van der Waals surface area contributed by atoms with Crippen LogP contribution in [0, 0.1) is 34.5 Å². The van der Waals surface area contributed by atoms with Crippen molar-refractivity contribution in [1.82, 2.24) is 0 Å². The van der Waals surface area contributed by atoms with E-state index in [4.69, 9.17) is 19.9 Å². The molecule has 0 radical (unpaired) electrons. The van der Waals surface area contributed by atoms with Crippen LogP contribution in [0.4, 0.5) is 0 Å². The Kier molecular flexibility index (Phi) is 10.8. The first kappa shape index (κ1) is 35.0. The van der Waals surface area contributed by atoms with Crippen LogP contribution in [0.1, 0.15) is 98.8 Å². The number of nitrogens with two attached hydrogens (primary N) is 1. The summed E-state index contributed by atoms with van der Waals surface area (Å²) in [6.45, 7) is 9.42. The molecule has 0 heterocycles. The number of fused-ring (bicyclic) bond motifs is 5. The van der Waals surface area contributed by atoms with Crippen LogP contribution in [0.15, 0.2) is 23.8 Å². The van der Waals surface area contributed by atoms with Crippen molar-refractivity contribution in [3.8, 4) is 0 Å². The minimum Gasteiger partial charge on any atom is -0.464 e. The largest absolute Gasteiger partial charge is 0.464 e. The Balaban J connectivity index is 1.53. The van der Waals surface area contributed by atoms with E-state index < -0.39 is 65.3 Å². The predicted molar refractivity (Wildman–Crippen MR) is 165 cm³/mol. The first-order chi connectivity index (χ1) is 21.2. The van der Waals surface area contributed by atoms with Crippen molar-refractivity contribution in [2.24, 2.45) is 40.2 Å². The summed E-state index contributed by atoms with van der Waals surface area (Å²) in [4.78, 5) is 64.4. The van der Waals surface area contributed by atoms with Gasteiger partial charge in [-0.15, -0.1) is 0 Å². The second-order valence-electron chi connectivity index (χ2n) is 14.2. The van der Waals surface area contributed by atoms with Gasteiger partial charge in [-0.05, 0) is 68.4 Å². The Bertz CT molecular complexity index is 1240. The molecule has 250 valence electrons. The Labute approximate surface area is 266 Å². The van der Waals surface area contributed by atoms with Gasteiger partial charge in [-0.2, -0.15) is 0 Å². The van der Waals surface area contributed by atoms with Crippen LogP contribution < -0.4 is 5.73 Å². The molecular formula is C35H51NO9. The third-order valence-corrected chi connectivity index (χ3v) is 11.3. The molecule has 0 bridgehead atoms. The number of hydrogen-bond donors (Lipinski definition) is 2. The highest BCUT2D eigenvalue weighted by atomic mass is 16.6. The number of ketones is 2. The summed E-state index contributed by atoms with van der Waals surface area (Å²) < 4.78 is 16.7. The molecule has 4 aliphatic carbocycles. The number of rotatable bonds is 13. The lowest BCUT2D eigenvalue weighted by molar-refractivity contribution is -0.201. The van der Waals surface area contributed by atoms with E-state index in [0.717, 1.165) is 24.8 Å². The summed E-state index contributed by atoms with van der Waals surface area (Å²) in [7, 11) is 0. The second-order valence-corrected chi connectivity index (χ2v) is 14.2. The third kappa shape index (κ3) is 6.68. The molecule has 10 nitrogen and oxygen atoms in total. The molecule has 3 N–H and O–H groups in total. The lowest BCUT2D eigenvalue weighted by Crippen LogP contribution is -2.63. The summed E-state index contributed by atoms with van der Waals surface area (Å²) in [5.74, 6) is -2.61. The van der Waals surface area contributed by atoms with E-state index in [9.17, 15) is 29.1 Å². The van der Waals surface area contributed by atoms with E-state index in [0.29, 0.717) is 19.3 Å². The zero-order valence-electron chi connectivity index (χ0n) is 27.5. The lowest BCUT2D eigenvalue weighted by Gasteiger charge is -2.59. The first-order valence-electron chi connectivity index (χ1n) is 16.7. The Morgan fingerprint density at radius 3 is 2.53 bits per heavy atom. The van der Waals surface area contributed by atoms with Crippen LogP contribution in [-0.4, -0.2) is 65.5 Å². The lowest BCUT2D eigenvalue weighted by atomic mass is 9.46. The van der Waals surface area contributed by atoms with Crippen molar-refractivity contribution in [2.75, 3.05) is 13.2 Å². The molecule has 0 aromatic carbocycles. The van der Waals surface area contributed by atoms with Crippen LogP contribution >= 0.6 is 0 Å². The minimum atomic E-state index is -1.58. The Hall–Kier alpha value is -2.85. The fourth-order valence-electron chi connectivity index (χ4n) is 8.60. The summed E-state index contributed by atoms with van der Waals surface area (Å²) >= 11 is 0. The highest BCUT2D eigenvalue weighted by Crippen LogP contribution is 2.68. The van der Waals surface area contributed by atoms with Crippen LogP contribution in [0.3, 0.4) is 0 Å². The summed E-state index contributed by atoms with van der Waals surface area (Å²) in [6, 6.07) is -1.23. The van der Waals surface area contributed by atoms with Crippen molar-refractivity contribution in [2.45, 2.75) is 117 Å². The van der Waals surface area contributed by atoms with Crippen LogP contribution in [0.25, 0.3) is 0 Å². The molecular weight excluding hydrogens is 578 g/mol. The maximum atomic E-state index is 14.1.